The monoisotopic (exact) mass is 232 g/mol. The van der Waals surface area contributed by atoms with Crippen molar-refractivity contribution < 1.29 is 5.11 Å². The third-order valence-corrected chi connectivity index (χ3v) is 2.41. The maximum Gasteiger partial charge on any atom is 0.199 e. The van der Waals surface area contributed by atoms with Gasteiger partial charge in [-0.15, -0.1) is 0 Å². The number of benzene rings is 1. The van der Waals surface area contributed by atoms with E-state index in [0.717, 1.165) is 5.69 Å². The van der Waals surface area contributed by atoms with Crippen molar-refractivity contribution in [1.82, 2.24) is 14.8 Å². The van der Waals surface area contributed by atoms with E-state index in [0.29, 0.717) is 16.2 Å². The Bertz CT molecular complexity index is 591. The zero-order valence-electron chi connectivity index (χ0n) is 8.21. The van der Waals surface area contributed by atoms with Gasteiger partial charge in [-0.05, 0) is 36.5 Å². The maximum absolute atomic E-state index is 9.09. The summed E-state index contributed by atoms with van der Waals surface area (Å²) in [7, 11) is 0. The Kier molecular flexibility index (Phi) is 2.81. The highest BCUT2D eigenvalue weighted by Gasteiger charge is 2.06. The zero-order valence-corrected chi connectivity index (χ0v) is 9.03. The van der Waals surface area contributed by atoms with Crippen LogP contribution >= 0.6 is 12.2 Å². The summed E-state index contributed by atoms with van der Waals surface area (Å²) >= 11 is 5.05. The molecule has 5 nitrogen and oxygen atoms in total. The molecule has 2 rings (SSSR count). The second-order valence-corrected chi connectivity index (χ2v) is 3.48. The zero-order chi connectivity index (χ0) is 11.5. The SMILES string of the molecule is N#Cc1ccc(-n2c(CO)n[nH]c2=S)cc1. The van der Waals surface area contributed by atoms with Crippen LogP contribution in [0.3, 0.4) is 0 Å². The van der Waals surface area contributed by atoms with Gasteiger partial charge in [-0.1, -0.05) is 0 Å². The van der Waals surface area contributed by atoms with Gasteiger partial charge in [-0.2, -0.15) is 10.4 Å². The van der Waals surface area contributed by atoms with E-state index >= 15 is 0 Å². The number of nitrogens with one attached hydrogen (secondary N) is 1. The quantitative estimate of drug-likeness (QED) is 0.765. The van der Waals surface area contributed by atoms with Crippen molar-refractivity contribution in [3.63, 3.8) is 0 Å². The molecule has 1 aromatic carbocycles. The lowest BCUT2D eigenvalue weighted by Crippen LogP contribution is -2.01. The second kappa shape index (κ2) is 4.26. The highest BCUT2D eigenvalue weighted by molar-refractivity contribution is 7.71. The lowest BCUT2D eigenvalue weighted by atomic mass is 10.2. The number of aliphatic hydroxyl groups excluding tert-OH is 1. The normalized spacial score (nSPS) is 10.0. The first-order valence-corrected chi connectivity index (χ1v) is 4.95. The Labute approximate surface area is 96.6 Å². The van der Waals surface area contributed by atoms with Crippen molar-refractivity contribution in [1.29, 1.82) is 5.26 Å². The van der Waals surface area contributed by atoms with Crippen LogP contribution in [0.4, 0.5) is 0 Å². The van der Waals surface area contributed by atoms with Crippen LogP contribution < -0.4 is 0 Å². The molecule has 6 heteroatoms. The van der Waals surface area contributed by atoms with Gasteiger partial charge in [-0.25, -0.2) is 0 Å². The van der Waals surface area contributed by atoms with Gasteiger partial charge in [0.15, 0.2) is 10.6 Å². The van der Waals surface area contributed by atoms with Crippen molar-refractivity contribution in [2.75, 3.05) is 0 Å². The van der Waals surface area contributed by atoms with E-state index < -0.39 is 0 Å². The molecular weight excluding hydrogens is 224 g/mol. The average molecular weight is 232 g/mol. The van der Waals surface area contributed by atoms with Crippen molar-refractivity contribution in [3.05, 3.63) is 40.4 Å². The van der Waals surface area contributed by atoms with E-state index in [1.807, 2.05) is 6.07 Å². The number of nitriles is 1. The Balaban J connectivity index is 2.54. The number of aliphatic hydroxyl groups is 1. The summed E-state index contributed by atoms with van der Waals surface area (Å²) in [5.41, 5.74) is 1.34. The van der Waals surface area contributed by atoms with Crippen molar-refractivity contribution in [2.45, 2.75) is 6.61 Å². The molecule has 1 heterocycles. The van der Waals surface area contributed by atoms with Crippen LogP contribution in [-0.2, 0) is 6.61 Å². The summed E-state index contributed by atoms with van der Waals surface area (Å²) in [6, 6.07) is 8.91. The molecule has 0 bridgehead atoms. The molecular formula is C10H8N4OS. The van der Waals surface area contributed by atoms with Crippen molar-refractivity contribution in [2.24, 2.45) is 0 Å². The molecule has 0 saturated carbocycles. The maximum atomic E-state index is 9.09. The molecule has 0 saturated heterocycles. The number of hydrogen-bond acceptors (Lipinski definition) is 4. The molecule has 0 atom stereocenters. The van der Waals surface area contributed by atoms with E-state index in [4.69, 9.17) is 22.6 Å². The van der Waals surface area contributed by atoms with Crippen LogP contribution in [0.2, 0.25) is 0 Å². The van der Waals surface area contributed by atoms with Crippen LogP contribution in [0.25, 0.3) is 5.69 Å². The van der Waals surface area contributed by atoms with Crippen LogP contribution in [0.1, 0.15) is 11.4 Å². The van der Waals surface area contributed by atoms with Gasteiger partial charge < -0.3 is 5.11 Å². The summed E-state index contributed by atoms with van der Waals surface area (Å²) in [6.07, 6.45) is 0. The minimum Gasteiger partial charge on any atom is -0.388 e. The van der Waals surface area contributed by atoms with Gasteiger partial charge >= 0.3 is 0 Å². The molecule has 0 fully saturated rings. The number of nitrogens with zero attached hydrogens (tertiary/aromatic N) is 3. The van der Waals surface area contributed by atoms with E-state index in [9.17, 15) is 0 Å². The fraction of sp³-hybridized carbons (Fsp3) is 0.100. The molecule has 0 aliphatic carbocycles. The number of H-pyrrole nitrogens is 1. The number of rotatable bonds is 2. The van der Waals surface area contributed by atoms with Gasteiger partial charge in [-0.3, -0.25) is 9.67 Å². The van der Waals surface area contributed by atoms with Gasteiger partial charge in [0.25, 0.3) is 0 Å². The smallest absolute Gasteiger partial charge is 0.199 e. The number of aromatic amines is 1. The molecule has 0 spiro atoms. The van der Waals surface area contributed by atoms with E-state index in [1.54, 1.807) is 28.8 Å². The van der Waals surface area contributed by atoms with Gasteiger partial charge in [0.05, 0.1) is 11.6 Å². The van der Waals surface area contributed by atoms with Gasteiger partial charge in [0.2, 0.25) is 0 Å². The molecule has 0 radical (unpaired) electrons. The fourth-order valence-corrected chi connectivity index (χ4v) is 1.64. The Morgan fingerprint density at radius 2 is 2.12 bits per heavy atom. The fourth-order valence-electron chi connectivity index (χ4n) is 1.39. The average Bonchev–Trinajstić information content (AvgIpc) is 2.70. The van der Waals surface area contributed by atoms with Crippen molar-refractivity contribution in [3.8, 4) is 11.8 Å². The first-order chi connectivity index (χ1) is 7.76. The van der Waals surface area contributed by atoms with E-state index in [-0.39, 0.29) is 6.61 Å². The summed E-state index contributed by atoms with van der Waals surface area (Å²) in [5, 5.41) is 24.3. The van der Waals surface area contributed by atoms with Crippen LogP contribution in [0, 0.1) is 16.1 Å². The first kappa shape index (κ1) is 10.5. The lowest BCUT2D eigenvalue weighted by Gasteiger charge is -2.04. The molecule has 2 N–H and O–H groups in total. The number of aromatic nitrogens is 3. The van der Waals surface area contributed by atoms with Gasteiger partial charge in [0.1, 0.15) is 6.61 Å². The topological polar surface area (TPSA) is 77.6 Å². The third kappa shape index (κ3) is 1.74. The van der Waals surface area contributed by atoms with Crippen LogP contribution in [0.5, 0.6) is 0 Å². The van der Waals surface area contributed by atoms with E-state index in [1.165, 1.54) is 0 Å². The third-order valence-electron chi connectivity index (χ3n) is 2.14. The molecule has 1 aromatic heterocycles. The molecule has 2 aromatic rings. The van der Waals surface area contributed by atoms with Crippen LogP contribution in [0.15, 0.2) is 24.3 Å². The Hall–Kier alpha value is -1.97. The second-order valence-electron chi connectivity index (χ2n) is 3.10. The lowest BCUT2D eigenvalue weighted by molar-refractivity contribution is 0.269. The predicted octanol–water partition coefficient (Wildman–Crippen LogP) is 1.29. The molecule has 0 aliphatic heterocycles. The summed E-state index contributed by atoms with van der Waals surface area (Å²) in [6.45, 7) is -0.201. The highest BCUT2D eigenvalue weighted by atomic mass is 32.1. The standard InChI is InChI=1S/C10H8N4OS/c11-5-7-1-3-8(4-2-7)14-9(6-15)12-13-10(14)16/h1-4,15H,6H2,(H,13,16). The molecule has 16 heavy (non-hydrogen) atoms. The number of hydrogen-bond donors (Lipinski definition) is 2. The molecule has 80 valence electrons. The minimum atomic E-state index is -0.201. The Morgan fingerprint density at radius 3 is 2.69 bits per heavy atom. The molecule has 0 amide bonds. The van der Waals surface area contributed by atoms with Gasteiger partial charge in [0, 0.05) is 5.69 Å². The molecule has 0 aliphatic rings. The summed E-state index contributed by atoms with van der Waals surface area (Å²) in [4.78, 5) is 0. The van der Waals surface area contributed by atoms with E-state index in [2.05, 4.69) is 10.2 Å². The highest BCUT2D eigenvalue weighted by Crippen LogP contribution is 2.12. The minimum absolute atomic E-state index is 0.201. The Morgan fingerprint density at radius 1 is 1.44 bits per heavy atom. The summed E-state index contributed by atoms with van der Waals surface area (Å²) < 4.78 is 2.03. The molecule has 0 unspecified atom stereocenters. The van der Waals surface area contributed by atoms with Crippen LogP contribution in [-0.4, -0.2) is 19.9 Å². The predicted molar refractivity (Wildman–Crippen MR) is 59.4 cm³/mol. The summed E-state index contributed by atoms with van der Waals surface area (Å²) in [5.74, 6) is 0.440. The largest absolute Gasteiger partial charge is 0.388 e. The first-order valence-electron chi connectivity index (χ1n) is 4.54. The van der Waals surface area contributed by atoms with Crippen molar-refractivity contribution >= 4 is 12.2 Å².